The van der Waals surface area contributed by atoms with Gasteiger partial charge < -0.3 is 9.26 Å². The van der Waals surface area contributed by atoms with Crippen molar-refractivity contribution in [2.45, 2.75) is 24.7 Å². The number of hydrogen-bond acceptors (Lipinski definition) is 5. The highest BCUT2D eigenvalue weighted by molar-refractivity contribution is 5.85. The molecule has 0 saturated heterocycles. The number of halogens is 2. The van der Waals surface area contributed by atoms with Crippen LogP contribution < -0.4 is 0 Å². The SMILES string of the molecule is COC(=O)C1(c2nc(Cc3ccc(F)cc3F)no2)CC1. The molecular formula is C14H12F2N2O3. The molecule has 0 N–H and O–H groups in total. The third-order valence-electron chi connectivity index (χ3n) is 3.57. The van der Waals surface area contributed by atoms with Crippen LogP contribution in [-0.4, -0.2) is 23.2 Å². The first-order valence-electron chi connectivity index (χ1n) is 6.40. The molecule has 110 valence electrons. The summed E-state index contributed by atoms with van der Waals surface area (Å²) in [6.45, 7) is 0. The van der Waals surface area contributed by atoms with E-state index in [1.165, 1.54) is 13.2 Å². The van der Waals surface area contributed by atoms with Gasteiger partial charge >= 0.3 is 5.97 Å². The summed E-state index contributed by atoms with van der Waals surface area (Å²) in [6, 6.07) is 3.29. The van der Waals surface area contributed by atoms with Crippen molar-refractivity contribution in [1.82, 2.24) is 10.1 Å². The van der Waals surface area contributed by atoms with Crippen LogP contribution in [0.3, 0.4) is 0 Å². The average Bonchev–Trinajstić information content (AvgIpc) is 3.15. The first kappa shape index (κ1) is 13.7. The number of esters is 1. The lowest BCUT2D eigenvalue weighted by Gasteiger charge is -2.05. The molecule has 0 atom stereocenters. The van der Waals surface area contributed by atoms with E-state index in [1.54, 1.807) is 0 Å². The number of ether oxygens (including phenoxy) is 1. The highest BCUT2D eigenvalue weighted by atomic mass is 19.1. The molecule has 1 aliphatic rings. The van der Waals surface area contributed by atoms with E-state index >= 15 is 0 Å². The Morgan fingerprint density at radius 3 is 2.81 bits per heavy atom. The summed E-state index contributed by atoms with van der Waals surface area (Å²) in [6.07, 6.45) is 1.24. The summed E-state index contributed by atoms with van der Waals surface area (Å²) in [5, 5.41) is 3.74. The average molecular weight is 294 g/mol. The van der Waals surface area contributed by atoms with Gasteiger partial charge in [-0.2, -0.15) is 4.98 Å². The predicted molar refractivity (Wildman–Crippen MR) is 66.4 cm³/mol. The largest absolute Gasteiger partial charge is 0.468 e. The first-order chi connectivity index (χ1) is 10.0. The molecule has 1 aromatic carbocycles. The Labute approximate surface area is 118 Å². The van der Waals surface area contributed by atoms with Crippen molar-refractivity contribution in [1.29, 1.82) is 0 Å². The molecule has 1 fully saturated rings. The van der Waals surface area contributed by atoms with Gasteiger partial charge in [0.1, 0.15) is 17.0 Å². The third-order valence-corrected chi connectivity index (χ3v) is 3.57. The van der Waals surface area contributed by atoms with Gasteiger partial charge in [-0.25, -0.2) is 8.78 Å². The number of rotatable bonds is 4. The fraction of sp³-hybridized carbons (Fsp3) is 0.357. The molecule has 0 unspecified atom stereocenters. The van der Waals surface area contributed by atoms with Crippen molar-refractivity contribution in [2.24, 2.45) is 0 Å². The maximum absolute atomic E-state index is 13.6. The van der Waals surface area contributed by atoms with Gasteiger partial charge in [-0.05, 0) is 24.5 Å². The highest BCUT2D eigenvalue weighted by Gasteiger charge is 2.57. The van der Waals surface area contributed by atoms with Crippen LogP contribution in [-0.2, 0) is 21.4 Å². The fourth-order valence-corrected chi connectivity index (χ4v) is 2.18. The van der Waals surface area contributed by atoms with E-state index in [1.807, 2.05) is 0 Å². The van der Waals surface area contributed by atoms with E-state index in [4.69, 9.17) is 9.26 Å². The molecule has 5 nitrogen and oxygen atoms in total. The second kappa shape index (κ2) is 4.91. The minimum absolute atomic E-state index is 0.0624. The minimum Gasteiger partial charge on any atom is -0.468 e. The van der Waals surface area contributed by atoms with Crippen molar-refractivity contribution in [3.05, 3.63) is 47.1 Å². The maximum atomic E-state index is 13.6. The Morgan fingerprint density at radius 1 is 1.43 bits per heavy atom. The van der Waals surface area contributed by atoms with Crippen LogP contribution in [0.2, 0.25) is 0 Å². The standard InChI is InChI=1S/C14H12F2N2O3/c1-20-13(19)14(4-5-14)12-17-11(18-21-12)6-8-2-3-9(15)7-10(8)16/h2-3,7H,4-6H2,1H3. The summed E-state index contributed by atoms with van der Waals surface area (Å²) < 4.78 is 36.2. The maximum Gasteiger partial charge on any atom is 0.321 e. The van der Waals surface area contributed by atoms with Crippen LogP contribution in [0.15, 0.2) is 22.7 Å². The van der Waals surface area contributed by atoms with E-state index in [2.05, 4.69) is 10.1 Å². The van der Waals surface area contributed by atoms with Crippen molar-refractivity contribution in [3.8, 4) is 0 Å². The molecule has 21 heavy (non-hydrogen) atoms. The first-order valence-corrected chi connectivity index (χ1v) is 6.40. The summed E-state index contributed by atoms with van der Waals surface area (Å²) in [4.78, 5) is 15.8. The molecule has 7 heteroatoms. The molecule has 1 heterocycles. The second-order valence-corrected chi connectivity index (χ2v) is 5.00. The fourth-order valence-electron chi connectivity index (χ4n) is 2.18. The van der Waals surface area contributed by atoms with E-state index in [0.29, 0.717) is 12.8 Å². The predicted octanol–water partition coefficient (Wildman–Crippen LogP) is 2.14. The van der Waals surface area contributed by atoms with Crippen molar-refractivity contribution < 1.29 is 22.8 Å². The Kier molecular flexibility index (Phi) is 3.19. The smallest absolute Gasteiger partial charge is 0.321 e. The lowest BCUT2D eigenvalue weighted by Crippen LogP contribution is -2.22. The Bertz CT molecular complexity index is 695. The summed E-state index contributed by atoms with van der Waals surface area (Å²) in [7, 11) is 1.30. The monoisotopic (exact) mass is 294 g/mol. The van der Waals surface area contributed by atoms with E-state index < -0.39 is 23.0 Å². The Hall–Kier alpha value is -2.31. The zero-order chi connectivity index (χ0) is 15.0. The van der Waals surface area contributed by atoms with Crippen LogP contribution in [0.5, 0.6) is 0 Å². The summed E-state index contributed by atoms with van der Waals surface area (Å²) in [5.74, 6) is -1.30. The number of nitrogens with zero attached hydrogens (tertiary/aromatic N) is 2. The molecule has 0 radical (unpaired) electrons. The third kappa shape index (κ3) is 2.39. The summed E-state index contributed by atoms with van der Waals surface area (Å²) in [5.41, 5.74) is -0.590. The quantitative estimate of drug-likeness (QED) is 0.808. The van der Waals surface area contributed by atoms with Gasteiger partial charge in [-0.1, -0.05) is 11.2 Å². The van der Waals surface area contributed by atoms with Crippen LogP contribution >= 0.6 is 0 Å². The van der Waals surface area contributed by atoms with E-state index in [9.17, 15) is 13.6 Å². The van der Waals surface area contributed by atoms with Crippen LogP contribution in [0, 0.1) is 11.6 Å². The van der Waals surface area contributed by atoms with Gasteiger partial charge in [0.05, 0.1) is 7.11 Å². The number of aromatic nitrogens is 2. The van der Waals surface area contributed by atoms with Gasteiger partial charge in [0.25, 0.3) is 0 Å². The zero-order valence-corrected chi connectivity index (χ0v) is 11.2. The van der Waals surface area contributed by atoms with Crippen LogP contribution in [0.1, 0.15) is 30.1 Å². The molecule has 2 aromatic rings. The zero-order valence-electron chi connectivity index (χ0n) is 11.2. The molecule has 1 saturated carbocycles. The number of methoxy groups -OCH3 is 1. The van der Waals surface area contributed by atoms with Gasteiger partial charge in [0.15, 0.2) is 5.82 Å². The van der Waals surface area contributed by atoms with Crippen molar-refractivity contribution in [3.63, 3.8) is 0 Å². The van der Waals surface area contributed by atoms with Crippen LogP contribution in [0.4, 0.5) is 8.78 Å². The number of carbonyl (C=O) groups is 1. The van der Waals surface area contributed by atoms with Gasteiger partial charge in [-0.3, -0.25) is 4.79 Å². The van der Waals surface area contributed by atoms with Crippen molar-refractivity contribution in [2.75, 3.05) is 7.11 Å². The van der Waals surface area contributed by atoms with Crippen LogP contribution in [0.25, 0.3) is 0 Å². The van der Waals surface area contributed by atoms with E-state index in [0.717, 1.165) is 12.1 Å². The lowest BCUT2D eigenvalue weighted by molar-refractivity contribution is -0.144. The number of benzene rings is 1. The Morgan fingerprint density at radius 2 is 2.19 bits per heavy atom. The highest BCUT2D eigenvalue weighted by Crippen LogP contribution is 2.48. The topological polar surface area (TPSA) is 65.2 Å². The molecule has 0 amide bonds. The summed E-state index contributed by atoms with van der Waals surface area (Å²) >= 11 is 0. The minimum atomic E-state index is -0.846. The van der Waals surface area contributed by atoms with Gasteiger partial charge in [0, 0.05) is 12.5 Å². The normalized spacial score (nSPS) is 15.8. The van der Waals surface area contributed by atoms with E-state index in [-0.39, 0.29) is 23.7 Å². The molecule has 1 aliphatic carbocycles. The molecule has 3 rings (SSSR count). The number of carbonyl (C=O) groups excluding carboxylic acids is 1. The molecule has 1 aromatic heterocycles. The Balaban J connectivity index is 1.81. The molecule has 0 aliphatic heterocycles. The van der Waals surface area contributed by atoms with Gasteiger partial charge in [-0.15, -0.1) is 0 Å². The van der Waals surface area contributed by atoms with Gasteiger partial charge in [0.2, 0.25) is 5.89 Å². The molecule has 0 spiro atoms. The second-order valence-electron chi connectivity index (χ2n) is 5.00. The number of hydrogen-bond donors (Lipinski definition) is 0. The lowest BCUT2D eigenvalue weighted by atomic mass is 10.1. The molecular weight excluding hydrogens is 282 g/mol. The van der Waals surface area contributed by atoms with Crippen molar-refractivity contribution >= 4 is 5.97 Å². The molecule has 0 bridgehead atoms.